The number of anilines is 2. The van der Waals surface area contributed by atoms with Crippen LogP contribution in [-0.2, 0) is 0 Å². The average Bonchev–Trinajstić information content (AvgIpc) is 3.24. The van der Waals surface area contributed by atoms with Crippen LogP contribution in [-0.4, -0.2) is 29.2 Å². The van der Waals surface area contributed by atoms with E-state index < -0.39 is 0 Å². The van der Waals surface area contributed by atoms with Gasteiger partial charge in [-0.25, -0.2) is 0 Å². The molecule has 0 atom stereocenters. The van der Waals surface area contributed by atoms with Crippen molar-refractivity contribution in [2.45, 2.75) is 12.8 Å². The molecule has 1 amide bonds. The van der Waals surface area contributed by atoms with Crippen LogP contribution >= 0.6 is 22.6 Å². The lowest BCUT2D eigenvalue weighted by atomic mass is 10.1. The van der Waals surface area contributed by atoms with Gasteiger partial charge < -0.3 is 10.2 Å². The molecule has 1 N–H and O–H groups in total. The minimum absolute atomic E-state index is 0.117. The van der Waals surface area contributed by atoms with Crippen LogP contribution in [0, 0.1) is 3.57 Å². The van der Waals surface area contributed by atoms with Crippen molar-refractivity contribution >= 4 is 40.0 Å². The Morgan fingerprint density at radius 1 is 0.889 bits per heavy atom. The van der Waals surface area contributed by atoms with Crippen LogP contribution in [0.5, 0.6) is 0 Å². The fourth-order valence-electron chi connectivity index (χ4n) is 3.12. The number of halogens is 1. The number of amides is 1. The second kappa shape index (κ2) is 8.04. The van der Waals surface area contributed by atoms with Gasteiger partial charge in [-0.05, 0) is 84.0 Å². The number of nitrogens with one attached hydrogen (secondary N) is 1. The minimum atomic E-state index is -0.117. The molecule has 1 saturated heterocycles. The molecule has 0 aliphatic carbocycles. The Bertz CT molecular complexity index is 918. The third-order valence-corrected chi connectivity index (χ3v) is 5.34. The van der Waals surface area contributed by atoms with Gasteiger partial charge >= 0.3 is 0 Å². The smallest absolute Gasteiger partial charge is 0.255 e. The quantitative estimate of drug-likeness (QED) is 0.567. The molecule has 5 nitrogen and oxygen atoms in total. The summed E-state index contributed by atoms with van der Waals surface area (Å²) in [5.41, 5.74) is 3.20. The Morgan fingerprint density at radius 3 is 2.22 bits per heavy atom. The molecule has 136 valence electrons. The van der Waals surface area contributed by atoms with Gasteiger partial charge in [-0.1, -0.05) is 12.1 Å². The zero-order valence-corrected chi connectivity index (χ0v) is 16.9. The maximum atomic E-state index is 12.3. The number of benzene rings is 2. The molecule has 2 aromatic carbocycles. The van der Waals surface area contributed by atoms with Gasteiger partial charge in [-0.2, -0.15) is 0 Å². The Hall–Kier alpha value is -2.48. The van der Waals surface area contributed by atoms with Crippen LogP contribution in [0.25, 0.3) is 11.3 Å². The maximum Gasteiger partial charge on any atom is 0.255 e. The van der Waals surface area contributed by atoms with Crippen molar-refractivity contribution in [3.8, 4) is 11.3 Å². The summed E-state index contributed by atoms with van der Waals surface area (Å²) in [6.45, 7) is 2.12. The monoisotopic (exact) mass is 470 g/mol. The number of carbonyl (C=O) groups is 1. The van der Waals surface area contributed by atoms with Crippen molar-refractivity contribution in [1.29, 1.82) is 0 Å². The van der Waals surface area contributed by atoms with Gasteiger partial charge in [-0.15, -0.1) is 10.2 Å². The summed E-state index contributed by atoms with van der Waals surface area (Å²) in [7, 11) is 0. The molecular formula is C21H19IN4O. The summed E-state index contributed by atoms with van der Waals surface area (Å²) in [6.07, 6.45) is 2.44. The molecule has 0 unspecified atom stereocenters. The maximum absolute atomic E-state index is 12.3. The molecule has 27 heavy (non-hydrogen) atoms. The van der Waals surface area contributed by atoms with Crippen molar-refractivity contribution in [2.75, 3.05) is 23.3 Å². The van der Waals surface area contributed by atoms with Crippen molar-refractivity contribution in [2.24, 2.45) is 0 Å². The molecule has 2 heterocycles. The lowest BCUT2D eigenvalue weighted by Gasteiger charge is -2.15. The van der Waals surface area contributed by atoms with Gasteiger partial charge in [0.1, 0.15) is 0 Å². The molecule has 1 aliphatic rings. The molecular weight excluding hydrogens is 451 g/mol. The van der Waals surface area contributed by atoms with Crippen LogP contribution in [0.2, 0.25) is 0 Å². The summed E-state index contributed by atoms with van der Waals surface area (Å²) >= 11 is 2.22. The second-order valence-corrected chi connectivity index (χ2v) is 7.75. The topological polar surface area (TPSA) is 58.1 Å². The molecule has 0 radical (unpaired) electrons. The van der Waals surface area contributed by atoms with E-state index in [4.69, 9.17) is 0 Å². The second-order valence-electron chi connectivity index (χ2n) is 6.51. The van der Waals surface area contributed by atoms with Crippen molar-refractivity contribution < 1.29 is 4.79 Å². The summed E-state index contributed by atoms with van der Waals surface area (Å²) in [5, 5.41) is 11.6. The van der Waals surface area contributed by atoms with Gasteiger partial charge in [0, 0.05) is 33.5 Å². The van der Waals surface area contributed by atoms with Crippen LogP contribution in [0.3, 0.4) is 0 Å². The summed E-state index contributed by atoms with van der Waals surface area (Å²) in [4.78, 5) is 14.6. The van der Waals surface area contributed by atoms with Crippen LogP contribution in [0.15, 0.2) is 60.7 Å². The van der Waals surface area contributed by atoms with E-state index in [0.717, 1.165) is 39.4 Å². The Balaban J connectivity index is 1.44. The van der Waals surface area contributed by atoms with Crippen LogP contribution in [0.1, 0.15) is 23.2 Å². The molecule has 4 rings (SSSR count). The van der Waals surface area contributed by atoms with E-state index in [1.165, 1.54) is 12.8 Å². The Kier molecular flexibility index (Phi) is 5.33. The number of aromatic nitrogens is 2. The van der Waals surface area contributed by atoms with Crippen LogP contribution in [0.4, 0.5) is 11.5 Å². The standard InChI is InChI=1S/C21H19IN4O/c22-17-7-3-16(4-8-17)21(27)23-18-9-5-15(6-10-18)19-11-12-20(25-24-19)26-13-1-2-14-26/h3-12H,1-2,13-14H2,(H,23,27). The first-order valence-corrected chi connectivity index (χ1v) is 10.0. The van der Waals surface area contributed by atoms with E-state index >= 15 is 0 Å². The van der Waals surface area contributed by atoms with Gasteiger partial charge in [-0.3, -0.25) is 4.79 Å². The van der Waals surface area contributed by atoms with Crippen LogP contribution < -0.4 is 10.2 Å². The lowest BCUT2D eigenvalue weighted by molar-refractivity contribution is 0.102. The molecule has 0 saturated carbocycles. The average molecular weight is 470 g/mol. The fourth-order valence-corrected chi connectivity index (χ4v) is 3.48. The highest BCUT2D eigenvalue weighted by Gasteiger charge is 2.14. The van der Waals surface area contributed by atoms with E-state index in [-0.39, 0.29) is 5.91 Å². The van der Waals surface area contributed by atoms with E-state index in [1.807, 2.05) is 60.7 Å². The number of hydrogen-bond acceptors (Lipinski definition) is 4. The van der Waals surface area contributed by atoms with E-state index in [9.17, 15) is 4.79 Å². The highest BCUT2D eigenvalue weighted by Crippen LogP contribution is 2.22. The third kappa shape index (κ3) is 4.27. The van der Waals surface area contributed by atoms with Gasteiger partial charge in [0.2, 0.25) is 0 Å². The third-order valence-electron chi connectivity index (χ3n) is 4.63. The zero-order chi connectivity index (χ0) is 18.6. The van der Waals surface area contributed by atoms with Gasteiger partial charge in [0.15, 0.2) is 5.82 Å². The minimum Gasteiger partial charge on any atom is -0.355 e. The summed E-state index contributed by atoms with van der Waals surface area (Å²) in [6, 6.07) is 19.2. The fraction of sp³-hybridized carbons (Fsp3) is 0.190. The molecule has 6 heteroatoms. The molecule has 1 aliphatic heterocycles. The molecule has 3 aromatic rings. The van der Waals surface area contributed by atoms with Gasteiger partial charge in [0.25, 0.3) is 5.91 Å². The normalized spacial score (nSPS) is 13.6. The van der Waals surface area contributed by atoms with Crippen molar-refractivity contribution in [3.63, 3.8) is 0 Å². The van der Waals surface area contributed by atoms with E-state index in [2.05, 4.69) is 43.0 Å². The van der Waals surface area contributed by atoms with E-state index in [0.29, 0.717) is 5.56 Å². The molecule has 0 bridgehead atoms. The first-order valence-electron chi connectivity index (χ1n) is 8.95. The van der Waals surface area contributed by atoms with E-state index in [1.54, 1.807) is 0 Å². The predicted molar refractivity (Wildman–Crippen MR) is 116 cm³/mol. The van der Waals surface area contributed by atoms with Crippen molar-refractivity contribution in [3.05, 3.63) is 69.8 Å². The number of hydrogen-bond donors (Lipinski definition) is 1. The summed E-state index contributed by atoms with van der Waals surface area (Å²) in [5.74, 6) is 0.826. The predicted octanol–water partition coefficient (Wildman–Crippen LogP) is 4.60. The largest absolute Gasteiger partial charge is 0.355 e. The lowest BCUT2D eigenvalue weighted by Crippen LogP contribution is -2.19. The number of rotatable bonds is 4. The molecule has 1 aromatic heterocycles. The summed E-state index contributed by atoms with van der Waals surface area (Å²) < 4.78 is 1.10. The zero-order valence-electron chi connectivity index (χ0n) is 14.7. The first kappa shape index (κ1) is 17.9. The number of nitrogens with zero attached hydrogens (tertiary/aromatic N) is 3. The SMILES string of the molecule is O=C(Nc1ccc(-c2ccc(N3CCCC3)nn2)cc1)c1ccc(I)cc1. The molecule has 0 spiro atoms. The van der Waals surface area contributed by atoms with Gasteiger partial charge in [0.05, 0.1) is 5.69 Å². The Morgan fingerprint density at radius 2 is 1.59 bits per heavy atom. The number of carbonyl (C=O) groups excluding carboxylic acids is 1. The Labute approximate surface area is 172 Å². The highest BCUT2D eigenvalue weighted by molar-refractivity contribution is 14.1. The van der Waals surface area contributed by atoms with Crippen molar-refractivity contribution in [1.82, 2.24) is 10.2 Å². The molecule has 1 fully saturated rings. The highest BCUT2D eigenvalue weighted by atomic mass is 127. The first-order chi connectivity index (χ1) is 13.2.